The van der Waals surface area contributed by atoms with Crippen molar-refractivity contribution < 1.29 is 4.79 Å². The van der Waals surface area contributed by atoms with Crippen LogP contribution in [-0.2, 0) is 0 Å². The first-order chi connectivity index (χ1) is 13.5. The molecule has 1 N–H and O–H groups in total. The van der Waals surface area contributed by atoms with Crippen molar-refractivity contribution in [3.63, 3.8) is 0 Å². The number of hydrogen-bond acceptors (Lipinski definition) is 2. The van der Waals surface area contributed by atoms with E-state index in [1.165, 1.54) is 21.8 Å². The summed E-state index contributed by atoms with van der Waals surface area (Å²) in [6, 6.07) is 13.1. The Kier molecular flexibility index (Phi) is 5.02. The van der Waals surface area contributed by atoms with E-state index in [0.717, 1.165) is 43.9 Å². The SMILES string of the molecule is Cc1c(NC(=O)N2CCCN(C)CC2)ccc2c1c1ccccc1n2C(C)C. The van der Waals surface area contributed by atoms with Gasteiger partial charge in [0.05, 0.1) is 0 Å². The largest absolute Gasteiger partial charge is 0.338 e. The Morgan fingerprint density at radius 2 is 1.79 bits per heavy atom. The molecule has 1 aliphatic rings. The third-order valence-corrected chi connectivity index (χ3v) is 5.90. The molecule has 0 atom stereocenters. The Labute approximate surface area is 166 Å². The van der Waals surface area contributed by atoms with Gasteiger partial charge in [0.2, 0.25) is 0 Å². The van der Waals surface area contributed by atoms with Crippen molar-refractivity contribution >= 4 is 33.5 Å². The highest BCUT2D eigenvalue weighted by molar-refractivity contribution is 6.12. The molecule has 1 aliphatic heterocycles. The van der Waals surface area contributed by atoms with Crippen LogP contribution in [0.15, 0.2) is 36.4 Å². The maximum atomic E-state index is 12.9. The first-order valence-electron chi connectivity index (χ1n) is 10.2. The number of rotatable bonds is 2. The second-order valence-electron chi connectivity index (χ2n) is 8.19. The molecule has 2 heterocycles. The van der Waals surface area contributed by atoms with E-state index in [4.69, 9.17) is 0 Å². The lowest BCUT2D eigenvalue weighted by Gasteiger charge is -2.22. The van der Waals surface area contributed by atoms with Crippen molar-refractivity contribution in [2.75, 3.05) is 38.5 Å². The number of aromatic nitrogens is 1. The van der Waals surface area contributed by atoms with Gasteiger partial charge in [-0.3, -0.25) is 0 Å². The Balaban J connectivity index is 1.72. The fourth-order valence-electron chi connectivity index (χ4n) is 4.40. The molecule has 0 radical (unpaired) electrons. The summed E-state index contributed by atoms with van der Waals surface area (Å²) in [6.45, 7) is 10.1. The number of anilines is 1. The molecule has 28 heavy (non-hydrogen) atoms. The van der Waals surface area contributed by atoms with E-state index in [1.54, 1.807) is 0 Å². The zero-order valence-corrected chi connectivity index (χ0v) is 17.3. The predicted octanol–water partition coefficient (Wildman–Crippen LogP) is 4.85. The number of benzene rings is 2. The minimum absolute atomic E-state index is 0.00495. The molecule has 0 spiro atoms. The van der Waals surface area contributed by atoms with Crippen molar-refractivity contribution in [2.45, 2.75) is 33.2 Å². The van der Waals surface area contributed by atoms with Crippen LogP contribution in [0.5, 0.6) is 0 Å². The average Bonchev–Trinajstić information content (AvgIpc) is 2.86. The summed E-state index contributed by atoms with van der Waals surface area (Å²) in [4.78, 5) is 17.1. The monoisotopic (exact) mass is 378 g/mol. The summed E-state index contributed by atoms with van der Waals surface area (Å²) in [5.74, 6) is 0. The van der Waals surface area contributed by atoms with Gasteiger partial charge < -0.3 is 19.7 Å². The van der Waals surface area contributed by atoms with Gasteiger partial charge in [-0.15, -0.1) is 0 Å². The maximum Gasteiger partial charge on any atom is 0.321 e. The van der Waals surface area contributed by atoms with Crippen LogP contribution in [0.2, 0.25) is 0 Å². The molecule has 5 nitrogen and oxygen atoms in total. The molecular formula is C23H30N4O. The highest BCUT2D eigenvalue weighted by Crippen LogP contribution is 2.36. The van der Waals surface area contributed by atoms with Gasteiger partial charge >= 0.3 is 6.03 Å². The van der Waals surface area contributed by atoms with E-state index in [1.807, 2.05) is 4.90 Å². The lowest BCUT2D eigenvalue weighted by molar-refractivity contribution is 0.213. The molecule has 0 aliphatic carbocycles. The molecule has 5 heteroatoms. The van der Waals surface area contributed by atoms with Crippen molar-refractivity contribution in [3.8, 4) is 0 Å². The van der Waals surface area contributed by atoms with Crippen LogP contribution in [0, 0.1) is 6.92 Å². The van der Waals surface area contributed by atoms with Crippen LogP contribution in [0.4, 0.5) is 10.5 Å². The summed E-state index contributed by atoms with van der Waals surface area (Å²) in [7, 11) is 2.12. The summed E-state index contributed by atoms with van der Waals surface area (Å²) in [6.07, 6.45) is 1.02. The van der Waals surface area contributed by atoms with E-state index in [0.29, 0.717) is 6.04 Å². The Morgan fingerprint density at radius 3 is 2.57 bits per heavy atom. The molecule has 0 bridgehead atoms. The summed E-state index contributed by atoms with van der Waals surface area (Å²) < 4.78 is 2.38. The Bertz CT molecular complexity index is 1020. The highest BCUT2D eigenvalue weighted by Gasteiger charge is 2.20. The molecule has 4 rings (SSSR count). The summed E-state index contributed by atoms with van der Waals surface area (Å²) in [5, 5.41) is 5.66. The van der Waals surface area contributed by atoms with Crippen molar-refractivity contribution in [3.05, 3.63) is 42.0 Å². The van der Waals surface area contributed by atoms with E-state index in [-0.39, 0.29) is 6.03 Å². The first-order valence-corrected chi connectivity index (χ1v) is 10.2. The van der Waals surface area contributed by atoms with Crippen LogP contribution >= 0.6 is 0 Å². The number of carbonyl (C=O) groups excluding carboxylic acids is 1. The van der Waals surface area contributed by atoms with E-state index in [2.05, 4.69) is 79.0 Å². The van der Waals surface area contributed by atoms with E-state index >= 15 is 0 Å². The first kappa shape index (κ1) is 18.8. The number of aryl methyl sites for hydroxylation is 1. The van der Waals surface area contributed by atoms with Crippen molar-refractivity contribution in [2.24, 2.45) is 0 Å². The third kappa shape index (κ3) is 3.24. The second-order valence-corrected chi connectivity index (χ2v) is 8.19. The molecule has 1 saturated heterocycles. The minimum Gasteiger partial charge on any atom is -0.338 e. The second kappa shape index (κ2) is 7.47. The zero-order valence-electron chi connectivity index (χ0n) is 17.3. The number of likely N-dealkylation sites (N-methyl/N-ethyl adjacent to an activating group) is 1. The molecule has 1 fully saturated rings. The normalized spacial score (nSPS) is 16.1. The average molecular weight is 379 g/mol. The van der Waals surface area contributed by atoms with Crippen LogP contribution in [0.3, 0.4) is 0 Å². The molecule has 2 amide bonds. The number of nitrogens with one attached hydrogen (secondary N) is 1. The van der Waals surface area contributed by atoms with E-state index < -0.39 is 0 Å². The van der Waals surface area contributed by atoms with Crippen molar-refractivity contribution in [1.82, 2.24) is 14.4 Å². The van der Waals surface area contributed by atoms with Gasteiger partial charge in [-0.25, -0.2) is 4.79 Å². The number of urea groups is 1. The highest BCUT2D eigenvalue weighted by atomic mass is 16.2. The van der Waals surface area contributed by atoms with Gasteiger partial charge in [-0.05, 0) is 64.5 Å². The zero-order chi connectivity index (χ0) is 19.8. The number of fused-ring (bicyclic) bond motifs is 3. The number of hydrogen-bond donors (Lipinski definition) is 1. The molecule has 0 saturated carbocycles. The van der Waals surface area contributed by atoms with E-state index in [9.17, 15) is 4.79 Å². The molecule has 2 aromatic carbocycles. The van der Waals surface area contributed by atoms with Gasteiger partial charge in [0.1, 0.15) is 0 Å². The lowest BCUT2D eigenvalue weighted by Crippen LogP contribution is -2.37. The molecule has 3 aromatic rings. The summed E-state index contributed by atoms with van der Waals surface area (Å²) in [5.41, 5.74) is 4.51. The molecule has 148 valence electrons. The van der Waals surface area contributed by atoms with Gasteiger partial charge in [0.15, 0.2) is 0 Å². The van der Waals surface area contributed by atoms with Crippen LogP contribution in [0.1, 0.15) is 31.9 Å². The lowest BCUT2D eigenvalue weighted by atomic mass is 10.1. The van der Waals surface area contributed by atoms with Crippen LogP contribution in [-0.4, -0.2) is 53.6 Å². The van der Waals surface area contributed by atoms with Crippen LogP contribution in [0.25, 0.3) is 21.8 Å². The predicted molar refractivity (Wildman–Crippen MR) is 117 cm³/mol. The van der Waals surface area contributed by atoms with Gasteiger partial charge in [0, 0.05) is 53.2 Å². The van der Waals surface area contributed by atoms with Gasteiger partial charge in [-0.2, -0.15) is 0 Å². The quantitative estimate of drug-likeness (QED) is 0.692. The number of amides is 2. The summed E-state index contributed by atoms with van der Waals surface area (Å²) >= 11 is 0. The van der Waals surface area contributed by atoms with Crippen LogP contribution < -0.4 is 5.32 Å². The van der Waals surface area contributed by atoms with Gasteiger partial charge in [-0.1, -0.05) is 18.2 Å². The van der Waals surface area contributed by atoms with Gasteiger partial charge in [0.25, 0.3) is 0 Å². The fraction of sp³-hybridized carbons (Fsp3) is 0.435. The number of para-hydroxylation sites is 1. The minimum atomic E-state index is 0.00495. The Morgan fingerprint density at radius 1 is 1.00 bits per heavy atom. The maximum absolute atomic E-state index is 12.9. The third-order valence-electron chi connectivity index (χ3n) is 5.90. The number of carbonyl (C=O) groups is 1. The molecular weight excluding hydrogens is 348 g/mol. The fourth-order valence-corrected chi connectivity index (χ4v) is 4.40. The topological polar surface area (TPSA) is 40.5 Å². The standard InChI is InChI=1S/C23H30N4O/c1-16(2)27-20-9-6-5-8-18(20)22-17(3)19(10-11-21(22)27)24-23(28)26-13-7-12-25(4)14-15-26/h5-6,8-11,16H,7,12-15H2,1-4H3,(H,24,28). The molecule has 1 aromatic heterocycles. The Hall–Kier alpha value is -2.53. The smallest absolute Gasteiger partial charge is 0.321 e. The van der Waals surface area contributed by atoms with Crippen molar-refractivity contribution in [1.29, 1.82) is 0 Å². The molecule has 0 unspecified atom stereocenters. The number of nitrogens with zero attached hydrogens (tertiary/aromatic N) is 3.